The number of ether oxygens (including phenoxy) is 1. The molecule has 0 aromatic heterocycles. The molecule has 4 nitrogen and oxygen atoms in total. The first-order chi connectivity index (χ1) is 8.29. The van der Waals surface area contributed by atoms with E-state index >= 15 is 0 Å². The Labute approximate surface area is 108 Å². The Morgan fingerprint density at radius 1 is 1.33 bits per heavy atom. The van der Waals surface area contributed by atoms with E-state index in [1.807, 2.05) is 51.1 Å². The number of carbonyl (C=O) groups is 1. The average molecular weight is 251 g/mol. The lowest BCUT2D eigenvalue weighted by atomic mass is 10.2. The van der Waals surface area contributed by atoms with Crippen LogP contribution in [0, 0.1) is 0 Å². The predicted octanol–water partition coefficient (Wildman–Crippen LogP) is 2.81. The highest BCUT2D eigenvalue weighted by Crippen LogP contribution is 2.18. The molecule has 1 N–H and O–H groups in total. The molecule has 0 aliphatic rings. The van der Waals surface area contributed by atoms with Gasteiger partial charge in [-0.05, 0) is 39.8 Å². The summed E-state index contributed by atoms with van der Waals surface area (Å²) in [4.78, 5) is 13.5. The number of hydrogen-bond acceptors (Lipinski definition) is 3. The Hall–Kier alpha value is -1.55. The third kappa shape index (κ3) is 4.75. The fraction of sp³-hybridized carbons (Fsp3) is 0.500. The average Bonchev–Trinajstić information content (AvgIpc) is 2.24. The van der Waals surface area contributed by atoms with Gasteiger partial charge in [0, 0.05) is 5.69 Å². The molecule has 0 fully saturated rings. The van der Waals surface area contributed by atoms with Crippen LogP contribution < -0.4 is 4.90 Å². The largest absolute Gasteiger partial charge is 0.443 e. The molecule has 1 atom stereocenters. The van der Waals surface area contributed by atoms with E-state index in [-0.39, 0.29) is 6.54 Å². The summed E-state index contributed by atoms with van der Waals surface area (Å²) in [5, 5.41) is 9.48. The molecule has 1 aromatic carbocycles. The summed E-state index contributed by atoms with van der Waals surface area (Å²) >= 11 is 0. The summed E-state index contributed by atoms with van der Waals surface area (Å²) < 4.78 is 5.33. The number of aliphatic hydroxyl groups is 1. The molecule has 0 spiro atoms. The SMILES string of the molecule is CC(O)CN(C(=O)OC(C)(C)C)c1ccccc1. The van der Waals surface area contributed by atoms with E-state index < -0.39 is 17.8 Å². The lowest BCUT2D eigenvalue weighted by molar-refractivity contribution is 0.0560. The summed E-state index contributed by atoms with van der Waals surface area (Å²) in [6, 6.07) is 9.18. The van der Waals surface area contributed by atoms with Crippen molar-refractivity contribution in [3.63, 3.8) is 0 Å². The van der Waals surface area contributed by atoms with Crippen molar-refractivity contribution in [3.05, 3.63) is 30.3 Å². The van der Waals surface area contributed by atoms with Gasteiger partial charge < -0.3 is 9.84 Å². The lowest BCUT2D eigenvalue weighted by Crippen LogP contribution is -2.40. The molecule has 0 bridgehead atoms. The Kier molecular flexibility index (Phi) is 4.73. The zero-order valence-corrected chi connectivity index (χ0v) is 11.4. The van der Waals surface area contributed by atoms with Gasteiger partial charge in [-0.2, -0.15) is 0 Å². The van der Waals surface area contributed by atoms with Crippen LogP contribution in [-0.4, -0.2) is 29.4 Å². The van der Waals surface area contributed by atoms with Crippen molar-refractivity contribution in [3.8, 4) is 0 Å². The number of hydrogen-bond donors (Lipinski definition) is 1. The van der Waals surface area contributed by atoms with E-state index in [1.165, 1.54) is 4.90 Å². The second-order valence-electron chi connectivity index (χ2n) is 5.28. The molecule has 4 heteroatoms. The van der Waals surface area contributed by atoms with Crippen molar-refractivity contribution in [2.24, 2.45) is 0 Å². The van der Waals surface area contributed by atoms with Crippen molar-refractivity contribution < 1.29 is 14.6 Å². The number of carbonyl (C=O) groups excluding carboxylic acids is 1. The number of nitrogens with zero attached hydrogens (tertiary/aromatic N) is 1. The van der Waals surface area contributed by atoms with Gasteiger partial charge in [-0.25, -0.2) is 4.79 Å². The Balaban J connectivity index is 2.89. The van der Waals surface area contributed by atoms with Crippen molar-refractivity contribution in [1.29, 1.82) is 0 Å². The van der Waals surface area contributed by atoms with Gasteiger partial charge in [0.15, 0.2) is 0 Å². The highest BCUT2D eigenvalue weighted by molar-refractivity contribution is 5.87. The number of rotatable bonds is 3. The third-order valence-corrected chi connectivity index (χ3v) is 2.13. The summed E-state index contributed by atoms with van der Waals surface area (Å²) in [5.41, 5.74) is 0.163. The molecule has 0 saturated heterocycles. The molecule has 0 aliphatic carbocycles. The molecular formula is C14H21NO3. The molecule has 18 heavy (non-hydrogen) atoms. The van der Waals surface area contributed by atoms with E-state index in [0.717, 1.165) is 0 Å². The number of anilines is 1. The summed E-state index contributed by atoms with van der Waals surface area (Å²) in [6.45, 7) is 7.29. The fourth-order valence-electron chi connectivity index (χ4n) is 1.47. The number of para-hydroxylation sites is 1. The van der Waals surface area contributed by atoms with Gasteiger partial charge in [-0.3, -0.25) is 4.90 Å². The van der Waals surface area contributed by atoms with E-state index in [1.54, 1.807) is 6.92 Å². The summed E-state index contributed by atoms with van der Waals surface area (Å²) in [6.07, 6.45) is -1.06. The smallest absolute Gasteiger partial charge is 0.414 e. The second-order valence-corrected chi connectivity index (χ2v) is 5.28. The highest BCUT2D eigenvalue weighted by atomic mass is 16.6. The van der Waals surface area contributed by atoms with Gasteiger partial charge in [0.2, 0.25) is 0 Å². The van der Waals surface area contributed by atoms with Gasteiger partial charge in [-0.1, -0.05) is 18.2 Å². The predicted molar refractivity (Wildman–Crippen MR) is 71.7 cm³/mol. The van der Waals surface area contributed by atoms with Gasteiger partial charge >= 0.3 is 6.09 Å². The standard InChI is InChI=1S/C14H21NO3/c1-11(16)10-15(12-8-6-5-7-9-12)13(17)18-14(2,3)4/h5-9,11,16H,10H2,1-4H3. The van der Waals surface area contributed by atoms with Crippen LogP contribution in [0.15, 0.2) is 30.3 Å². The first kappa shape index (κ1) is 14.5. The lowest BCUT2D eigenvalue weighted by Gasteiger charge is -2.28. The highest BCUT2D eigenvalue weighted by Gasteiger charge is 2.24. The normalized spacial score (nSPS) is 12.9. The van der Waals surface area contributed by atoms with Gasteiger partial charge in [0.05, 0.1) is 12.6 Å². The molecule has 0 radical (unpaired) electrons. The van der Waals surface area contributed by atoms with Crippen molar-refractivity contribution >= 4 is 11.8 Å². The third-order valence-electron chi connectivity index (χ3n) is 2.13. The molecule has 1 amide bonds. The maximum Gasteiger partial charge on any atom is 0.414 e. The first-order valence-electron chi connectivity index (χ1n) is 6.03. The molecule has 0 aliphatic heterocycles. The minimum atomic E-state index is -0.613. The fourth-order valence-corrected chi connectivity index (χ4v) is 1.47. The number of benzene rings is 1. The van der Waals surface area contributed by atoms with Crippen molar-refractivity contribution in [1.82, 2.24) is 0 Å². The maximum atomic E-state index is 12.1. The molecule has 1 unspecified atom stereocenters. The van der Waals surface area contributed by atoms with Gasteiger partial charge in [0.25, 0.3) is 0 Å². The van der Waals surface area contributed by atoms with Gasteiger partial charge in [0.1, 0.15) is 5.60 Å². The Morgan fingerprint density at radius 2 is 1.89 bits per heavy atom. The molecule has 1 aromatic rings. The molecule has 100 valence electrons. The van der Waals surface area contributed by atoms with Crippen LogP contribution in [0.1, 0.15) is 27.7 Å². The van der Waals surface area contributed by atoms with Crippen LogP contribution in [0.4, 0.5) is 10.5 Å². The Morgan fingerprint density at radius 3 is 2.33 bits per heavy atom. The zero-order chi connectivity index (χ0) is 13.8. The van der Waals surface area contributed by atoms with Crippen LogP contribution >= 0.6 is 0 Å². The second kappa shape index (κ2) is 5.87. The van der Waals surface area contributed by atoms with Crippen LogP contribution in [0.3, 0.4) is 0 Å². The quantitative estimate of drug-likeness (QED) is 0.898. The molecule has 0 heterocycles. The van der Waals surface area contributed by atoms with Crippen LogP contribution in [0.25, 0.3) is 0 Å². The van der Waals surface area contributed by atoms with Crippen molar-refractivity contribution in [2.75, 3.05) is 11.4 Å². The van der Waals surface area contributed by atoms with Crippen LogP contribution in [-0.2, 0) is 4.74 Å². The van der Waals surface area contributed by atoms with E-state index in [4.69, 9.17) is 4.74 Å². The van der Waals surface area contributed by atoms with Gasteiger partial charge in [-0.15, -0.1) is 0 Å². The topological polar surface area (TPSA) is 49.8 Å². The number of amides is 1. The van der Waals surface area contributed by atoms with Crippen LogP contribution in [0.5, 0.6) is 0 Å². The molecular weight excluding hydrogens is 230 g/mol. The maximum absolute atomic E-state index is 12.1. The monoisotopic (exact) mass is 251 g/mol. The van der Waals surface area contributed by atoms with E-state index in [0.29, 0.717) is 5.69 Å². The molecule has 1 rings (SSSR count). The molecule has 0 saturated carbocycles. The first-order valence-corrected chi connectivity index (χ1v) is 6.03. The minimum absolute atomic E-state index is 0.207. The zero-order valence-electron chi connectivity index (χ0n) is 11.4. The van der Waals surface area contributed by atoms with E-state index in [2.05, 4.69) is 0 Å². The summed E-state index contributed by atoms with van der Waals surface area (Å²) in [5.74, 6) is 0. The van der Waals surface area contributed by atoms with Crippen molar-refractivity contribution in [2.45, 2.75) is 39.4 Å². The van der Waals surface area contributed by atoms with E-state index in [9.17, 15) is 9.90 Å². The number of aliphatic hydroxyl groups excluding tert-OH is 1. The minimum Gasteiger partial charge on any atom is -0.443 e. The summed E-state index contributed by atoms with van der Waals surface area (Å²) in [7, 11) is 0. The van der Waals surface area contributed by atoms with Crippen LogP contribution in [0.2, 0.25) is 0 Å². The Bertz CT molecular complexity index is 382.